The molecule has 1 aromatic rings. The largest absolute Gasteiger partial charge is 0.246 e. The van der Waals surface area contributed by atoms with E-state index in [0.717, 1.165) is 6.07 Å². The Balaban J connectivity index is 3.21. The van der Waals surface area contributed by atoms with Crippen LogP contribution in [0.2, 0.25) is 0 Å². The number of nitrogens with zero attached hydrogens (tertiary/aromatic N) is 1. The van der Waals surface area contributed by atoms with E-state index in [2.05, 4.69) is 22.5 Å². The molecule has 0 unspecified atom stereocenters. The molecule has 0 heterocycles. The standard InChI is InChI=1S/C12H15BrFNO2S/c1-3-7-15(8-4-2)18(16,17)12-6-5-10(13)9-11(12)14/h3,5-6,9H,1,4,7-8H2,2H3. The van der Waals surface area contributed by atoms with E-state index in [4.69, 9.17) is 0 Å². The van der Waals surface area contributed by atoms with Crippen molar-refractivity contribution in [2.45, 2.75) is 18.2 Å². The molecule has 100 valence electrons. The quantitative estimate of drug-likeness (QED) is 0.749. The van der Waals surface area contributed by atoms with Crippen molar-refractivity contribution in [1.29, 1.82) is 0 Å². The summed E-state index contributed by atoms with van der Waals surface area (Å²) in [5.41, 5.74) is 0. The summed E-state index contributed by atoms with van der Waals surface area (Å²) in [7, 11) is -3.81. The van der Waals surface area contributed by atoms with Gasteiger partial charge in [0.05, 0.1) is 0 Å². The minimum absolute atomic E-state index is 0.172. The lowest BCUT2D eigenvalue weighted by molar-refractivity contribution is 0.436. The summed E-state index contributed by atoms with van der Waals surface area (Å²) in [6.45, 7) is 5.89. The normalized spacial score (nSPS) is 11.8. The Morgan fingerprint density at radius 3 is 2.67 bits per heavy atom. The molecule has 0 aliphatic heterocycles. The number of benzene rings is 1. The van der Waals surface area contributed by atoms with Gasteiger partial charge < -0.3 is 0 Å². The number of halogens is 2. The number of hydrogen-bond acceptors (Lipinski definition) is 2. The predicted octanol–water partition coefficient (Wildman–Crippen LogP) is 3.17. The lowest BCUT2D eigenvalue weighted by atomic mass is 10.3. The van der Waals surface area contributed by atoms with Crippen molar-refractivity contribution < 1.29 is 12.8 Å². The van der Waals surface area contributed by atoms with E-state index in [0.29, 0.717) is 17.4 Å². The van der Waals surface area contributed by atoms with Gasteiger partial charge in [0.15, 0.2) is 0 Å². The molecule has 0 spiro atoms. The maximum absolute atomic E-state index is 13.7. The van der Waals surface area contributed by atoms with Crippen molar-refractivity contribution in [3.63, 3.8) is 0 Å². The molecule has 6 heteroatoms. The van der Waals surface area contributed by atoms with E-state index in [1.807, 2.05) is 6.92 Å². The van der Waals surface area contributed by atoms with Gasteiger partial charge in [0, 0.05) is 17.6 Å². The minimum atomic E-state index is -3.81. The fraction of sp³-hybridized carbons (Fsp3) is 0.333. The summed E-state index contributed by atoms with van der Waals surface area (Å²) in [6, 6.07) is 3.92. The Kier molecular flexibility index (Phi) is 5.49. The topological polar surface area (TPSA) is 37.4 Å². The van der Waals surface area contributed by atoms with Gasteiger partial charge in [-0.2, -0.15) is 4.31 Å². The van der Waals surface area contributed by atoms with Gasteiger partial charge in [-0.15, -0.1) is 6.58 Å². The molecule has 0 amide bonds. The number of hydrogen-bond donors (Lipinski definition) is 0. The van der Waals surface area contributed by atoms with Gasteiger partial charge in [-0.3, -0.25) is 0 Å². The van der Waals surface area contributed by atoms with Gasteiger partial charge in [0.2, 0.25) is 10.0 Å². The van der Waals surface area contributed by atoms with Crippen molar-refractivity contribution in [2.24, 2.45) is 0 Å². The molecule has 0 N–H and O–H groups in total. The zero-order valence-electron chi connectivity index (χ0n) is 10.1. The van der Waals surface area contributed by atoms with Crippen LogP contribution >= 0.6 is 15.9 Å². The molecule has 1 rings (SSSR count). The second kappa shape index (κ2) is 6.45. The lowest BCUT2D eigenvalue weighted by Gasteiger charge is -2.20. The van der Waals surface area contributed by atoms with Crippen LogP contribution in [0.25, 0.3) is 0 Å². The molecule has 0 aliphatic rings. The molecule has 0 aromatic heterocycles. The molecule has 0 saturated heterocycles. The fourth-order valence-corrected chi connectivity index (χ4v) is 3.41. The number of sulfonamides is 1. The number of rotatable bonds is 6. The van der Waals surface area contributed by atoms with Crippen LogP contribution < -0.4 is 0 Å². The highest BCUT2D eigenvalue weighted by Crippen LogP contribution is 2.22. The molecule has 1 aromatic carbocycles. The third-order valence-electron chi connectivity index (χ3n) is 2.32. The lowest BCUT2D eigenvalue weighted by Crippen LogP contribution is -2.32. The van der Waals surface area contributed by atoms with E-state index < -0.39 is 15.8 Å². The first-order chi connectivity index (χ1) is 8.43. The molecule has 0 fully saturated rings. The molecular formula is C12H15BrFNO2S. The average Bonchev–Trinajstić information content (AvgIpc) is 2.28. The molecule has 0 aliphatic carbocycles. The summed E-state index contributed by atoms with van der Waals surface area (Å²) in [5, 5.41) is 0. The van der Waals surface area contributed by atoms with Crippen LogP contribution in [0.1, 0.15) is 13.3 Å². The van der Waals surface area contributed by atoms with Gasteiger partial charge in [0.25, 0.3) is 0 Å². The van der Waals surface area contributed by atoms with E-state index in [9.17, 15) is 12.8 Å². The Bertz CT molecular complexity index is 531. The predicted molar refractivity (Wildman–Crippen MR) is 73.3 cm³/mol. The summed E-state index contributed by atoms with van der Waals surface area (Å²) >= 11 is 3.10. The summed E-state index contributed by atoms with van der Waals surface area (Å²) in [5.74, 6) is -0.755. The van der Waals surface area contributed by atoms with E-state index in [-0.39, 0.29) is 11.4 Å². The summed E-state index contributed by atoms with van der Waals surface area (Å²) < 4.78 is 40.0. The van der Waals surface area contributed by atoms with Crippen molar-refractivity contribution in [3.05, 3.63) is 41.1 Å². The van der Waals surface area contributed by atoms with Crippen LogP contribution in [0.3, 0.4) is 0 Å². The Hall–Kier alpha value is -0.720. The third kappa shape index (κ3) is 3.40. The van der Waals surface area contributed by atoms with Gasteiger partial charge in [-0.1, -0.05) is 28.9 Å². The van der Waals surface area contributed by atoms with Gasteiger partial charge in [-0.05, 0) is 24.6 Å². The molecule has 0 atom stereocenters. The molecule has 0 radical (unpaired) electrons. The van der Waals surface area contributed by atoms with Crippen LogP contribution in [0.4, 0.5) is 4.39 Å². The van der Waals surface area contributed by atoms with E-state index >= 15 is 0 Å². The molecule has 0 saturated carbocycles. The van der Waals surface area contributed by atoms with Crippen molar-refractivity contribution in [1.82, 2.24) is 4.31 Å². The highest BCUT2D eigenvalue weighted by molar-refractivity contribution is 9.10. The molecule has 3 nitrogen and oxygen atoms in total. The van der Waals surface area contributed by atoms with Crippen molar-refractivity contribution >= 4 is 26.0 Å². The van der Waals surface area contributed by atoms with E-state index in [1.165, 1.54) is 22.5 Å². The third-order valence-corrected chi connectivity index (χ3v) is 4.71. The molecule has 18 heavy (non-hydrogen) atoms. The molecule has 0 bridgehead atoms. The van der Waals surface area contributed by atoms with Crippen LogP contribution in [-0.4, -0.2) is 25.8 Å². The highest BCUT2D eigenvalue weighted by atomic mass is 79.9. The average molecular weight is 336 g/mol. The first kappa shape index (κ1) is 15.3. The zero-order chi connectivity index (χ0) is 13.8. The maximum atomic E-state index is 13.7. The van der Waals surface area contributed by atoms with Crippen LogP contribution in [0.15, 0.2) is 40.2 Å². The Labute approximate surface area is 115 Å². The first-order valence-electron chi connectivity index (χ1n) is 5.49. The maximum Gasteiger partial charge on any atom is 0.246 e. The SMILES string of the molecule is C=CCN(CCC)S(=O)(=O)c1ccc(Br)cc1F. The van der Waals surface area contributed by atoms with E-state index in [1.54, 1.807) is 0 Å². The zero-order valence-corrected chi connectivity index (χ0v) is 12.5. The van der Waals surface area contributed by atoms with Crippen molar-refractivity contribution in [3.8, 4) is 0 Å². The molecular weight excluding hydrogens is 321 g/mol. The van der Waals surface area contributed by atoms with Gasteiger partial charge in [-0.25, -0.2) is 12.8 Å². The van der Waals surface area contributed by atoms with Gasteiger partial charge in [0.1, 0.15) is 10.7 Å². The van der Waals surface area contributed by atoms with Crippen molar-refractivity contribution in [2.75, 3.05) is 13.1 Å². The summed E-state index contributed by atoms with van der Waals surface area (Å²) in [6.07, 6.45) is 2.15. The fourth-order valence-electron chi connectivity index (χ4n) is 1.53. The van der Waals surface area contributed by atoms with Gasteiger partial charge >= 0.3 is 0 Å². The monoisotopic (exact) mass is 335 g/mol. The van der Waals surface area contributed by atoms with Crippen LogP contribution in [0, 0.1) is 5.82 Å². The smallest absolute Gasteiger partial charge is 0.207 e. The first-order valence-corrected chi connectivity index (χ1v) is 7.73. The Morgan fingerprint density at radius 1 is 1.50 bits per heavy atom. The summed E-state index contributed by atoms with van der Waals surface area (Å²) in [4.78, 5) is -0.305. The second-order valence-electron chi connectivity index (χ2n) is 3.73. The minimum Gasteiger partial charge on any atom is -0.207 e. The van der Waals surface area contributed by atoms with Crippen LogP contribution in [0.5, 0.6) is 0 Å². The van der Waals surface area contributed by atoms with Crippen LogP contribution in [-0.2, 0) is 10.0 Å². The second-order valence-corrected chi connectivity index (χ2v) is 6.55. The highest BCUT2D eigenvalue weighted by Gasteiger charge is 2.25. The Morgan fingerprint density at radius 2 is 2.17 bits per heavy atom.